The second kappa shape index (κ2) is 6.34. The number of rotatable bonds is 5. The van der Waals surface area contributed by atoms with Crippen molar-refractivity contribution < 1.29 is 0 Å². The quantitative estimate of drug-likeness (QED) is 0.890. The van der Waals surface area contributed by atoms with Crippen molar-refractivity contribution in [2.24, 2.45) is 0 Å². The summed E-state index contributed by atoms with van der Waals surface area (Å²) in [5, 5.41) is 3.52. The fraction of sp³-hybridized carbons (Fsp3) is 0.312. The van der Waals surface area contributed by atoms with Crippen LogP contribution < -0.4 is 10.2 Å². The molecule has 3 nitrogen and oxygen atoms in total. The molecule has 19 heavy (non-hydrogen) atoms. The molecule has 0 spiro atoms. The Morgan fingerprint density at radius 2 is 1.68 bits per heavy atom. The molecule has 0 aliphatic heterocycles. The molecule has 0 fully saturated rings. The van der Waals surface area contributed by atoms with Gasteiger partial charge in [0.25, 0.3) is 0 Å². The van der Waals surface area contributed by atoms with Crippen LogP contribution in [0.2, 0.25) is 0 Å². The Morgan fingerprint density at radius 1 is 1.05 bits per heavy atom. The molecule has 1 atom stereocenters. The third kappa shape index (κ3) is 3.80. The van der Waals surface area contributed by atoms with Gasteiger partial charge in [-0.2, -0.15) is 0 Å². The summed E-state index contributed by atoms with van der Waals surface area (Å²) in [6.45, 7) is 3.04. The van der Waals surface area contributed by atoms with Gasteiger partial charge in [-0.15, -0.1) is 0 Å². The molecule has 1 aromatic heterocycles. The third-order valence-electron chi connectivity index (χ3n) is 3.27. The van der Waals surface area contributed by atoms with Gasteiger partial charge < -0.3 is 10.2 Å². The predicted octanol–water partition coefficient (Wildman–Crippen LogP) is 3.00. The Labute approximate surface area is 115 Å². The van der Waals surface area contributed by atoms with E-state index in [0.29, 0.717) is 6.04 Å². The van der Waals surface area contributed by atoms with Crippen molar-refractivity contribution in [2.75, 3.05) is 19.0 Å². The van der Waals surface area contributed by atoms with E-state index in [2.05, 4.69) is 60.5 Å². The maximum Gasteiger partial charge on any atom is 0.0361 e. The maximum atomic E-state index is 4.04. The Hall–Kier alpha value is -1.87. The number of benzene rings is 1. The van der Waals surface area contributed by atoms with Crippen molar-refractivity contribution in [2.45, 2.75) is 19.5 Å². The minimum atomic E-state index is 0.330. The molecule has 2 rings (SSSR count). The summed E-state index contributed by atoms with van der Waals surface area (Å²) in [4.78, 5) is 6.15. The SMILES string of the molecule is C[C@H](NCc1ccc(N(C)C)cc1)c1ccncc1. The predicted molar refractivity (Wildman–Crippen MR) is 80.3 cm³/mol. The van der Waals surface area contributed by atoms with Gasteiger partial charge in [0.2, 0.25) is 0 Å². The van der Waals surface area contributed by atoms with E-state index in [4.69, 9.17) is 0 Å². The molecule has 1 aromatic carbocycles. The van der Waals surface area contributed by atoms with Crippen LogP contribution in [-0.2, 0) is 6.54 Å². The summed E-state index contributed by atoms with van der Waals surface area (Å²) in [6.07, 6.45) is 3.67. The van der Waals surface area contributed by atoms with E-state index < -0.39 is 0 Å². The molecular formula is C16H21N3. The number of nitrogens with zero attached hydrogens (tertiary/aromatic N) is 2. The zero-order valence-electron chi connectivity index (χ0n) is 11.8. The molecule has 2 aromatic rings. The molecule has 0 radical (unpaired) electrons. The monoisotopic (exact) mass is 255 g/mol. The Bertz CT molecular complexity index is 491. The first-order valence-corrected chi connectivity index (χ1v) is 6.56. The van der Waals surface area contributed by atoms with Gasteiger partial charge in [0.1, 0.15) is 0 Å². The summed E-state index contributed by atoms with van der Waals surface area (Å²) in [6, 6.07) is 13.1. The van der Waals surface area contributed by atoms with Gasteiger partial charge in [0.15, 0.2) is 0 Å². The fourth-order valence-electron chi connectivity index (χ4n) is 1.95. The Kier molecular flexibility index (Phi) is 4.53. The lowest BCUT2D eigenvalue weighted by molar-refractivity contribution is 0.574. The molecule has 0 bridgehead atoms. The average Bonchev–Trinajstić information content (AvgIpc) is 2.46. The van der Waals surface area contributed by atoms with Crippen molar-refractivity contribution in [3.63, 3.8) is 0 Å². The molecule has 100 valence electrons. The molecule has 0 saturated heterocycles. The van der Waals surface area contributed by atoms with E-state index in [1.54, 1.807) is 0 Å². The van der Waals surface area contributed by atoms with Crippen molar-refractivity contribution >= 4 is 5.69 Å². The van der Waals surface area contributed by atoms with Gasteiger partial charge in [-0.05, 0) is 42.3 Å². The topological polar surface area (TPSA) is 28.2 Å². The van der Waals surface area contributed by atoms with Gasteiger partial charge in [-0.1, -0.05) is 12.1 Å². The van der Waals surface area contributed by atoms with Crippen molar-refractivity contribution in [1.29, 1.82) is 0 Å². The van der Waals surface area contributed by atoms with Gasteiger partial charge in [0.05, 0.1) is 0 Å². The molecule has 0 amide bonds. The molecule has 1 N–H and O–H groups in total. The zero-order chi connectivity index (χ0) is 13.7. The minimum absolute atomic E-state index is 0.330. The van der Waals surface area contributed by atoms with Crippen LogP contribution in [0.5, 0.6) is 0 Å². The lowest BCUT2D eigenvalue weighted by atomic mass is 10.1. The number of hydrogen-bond donors (Lipinski definition) is 1. The average molecular weight is 255 g/mol. The van der Waals surface area contributed by atoms with E-state index in [0.717, 1.165) is 6.54 Å². The van der Waals surface area contributed by atoms with E-state index >= 15 is 0 Å². The van der Waals surface area contributed by atoms with Crippen molar-refractivity contribution in [3.05, 3.63) is 59.9 Å². The number of hydrogen-bond acceptors (Lipinski definition) is 3. The molecule has 0 unspecified atom stereocenters. The van der Waals surface area contributed by atoms with Crippen LogP contribution in [-0.4, -0.2) is 19.1 Å². The van der Waals surface area contributed by atoms with E-state index in [9.17, 15) is 0 Å². The largest absolute Gasteiger partial charge is 0.378 e. The van der Waals surface area contributed by atoms with Crippen LogP contribution in [0.25, 0.3) is 0 Å². The molecule has 3 heteroatoms. The first-order chi connectivity index (χ1) is 9.16. The lowest BCUT2D eigenvalue weighted by Crippen LogP contribution is -2.18. The summed E-state index contributed by atoms with van der Waals surface area (Å²) in [5.41, 5.74) is 3.79. The van der Waals surface area contributed by atoms with E-state index in [-0.39, 0.29) is 0 Å². The highest BCUT2D eigenvalue weighted by atomic mass is 15.1. The van der Waals surface area contributed by atoms with Crippen LogP contribution in [0.1, 0.15) is 24.1 Å². The highest BCUT2D eigenvalue weighted by Crippen LogP contribution is 2.14. The summed E-state index contributed by atoms with van der Waals surface area (Å²) < 4.78 is 0. The zero-order valence-corrected chi connectivity index (χ0v) is 11.8. The summed E-state index contributed by atoms with van der Waals surface area (Å²) in [5.74, 6) is 0. The summed E-state index contributed by atoms with van der Waals surface area (Å²) >= 11 is 0. The van der Waals surface area contributed by atoms with Crippen LogP contribution in [0.3, 0.4) is 0 Å². The first-order valence-electron chi connectivity index (χ1n) is 6.56. The normalized spacial score (nSPS) is 12.2. The smallest absolute Gasteiger partial charge is 0.0361 e. The molecule has 0 aliphatic rings. The van der Waals surface area contributed by atoms with Crippen molar-refractivity contribution in [1.82, 2.24) is 10.3 Å². The third-order valence-corrected chi connectivity index (χ3v) is 3.27. The highest BCUT2D eigenvalue weighted by molar-refractivity contribution is 5.45. The maximum absolute atomic E-state index is 4.04. The molecule has 1 heterocycles. The molecule has 0 saturated carbocycles. The molecule has 0 aliphatic carbocycles. The van der Waals surface area contributed by atoms with Crippen LogP contribution in [0, 0.1) is 0 Å². The second-order valence-corrected chi connectivity index (χ2v) is 4.94. The number of nitrogens with one attached hydrogen (secondary N) is 1. The highest BCUT2D eigenvalue weighted by Gasteiger charge is 2.04. The molecular weight excluding hydrogens is 234 g/mol. The summed E-state index contributed by atoms with van der Waals surface area (Å²) in [7, 11) is 4.11. The van der Waals surface area contributed by atoms with Crippen molar-refractivity contribution in [3.8, 4) is 0 Å². The first kappa shape index (κ1) is 13.6. The minimum Gasteiger partial charge on any atom is -0.378 e. The lowest BCUT2D eigenvalue weighted by Gasteiger charge is -2.15. The van der Waals surface area contributed by atoms with Crippen LogP contribution in [0.4, 0.5) is 5.69 Å². The van der Waals surface area contributed by atoms with Gasteiger partial charge in [-0.3, -0.25) is 4.98 Å². The second-order valence-electron chi connectivity index (χ2n) is 4.94. The Balaban J connectivity index is 1.92. The van der Waals surface area contributed by atoms with E-state index in [1.807, 2.05) is 24.5 Å². The number of anilines is 1. The Morgan fingerprint density at radius 3 is 2.26 bits per heavy atom. The van der Waals surface area contributed by atoms with Crippen LogP contribution in [0.15, 0.2) is 48.8 Å². The van der Waals surface area contributed by atoms with Gasteiger partial charge in [0, 0.05) is 44.8 Å². The van der Waals surface area contributed by atoms with Gasteiger partial charge >= 0.3 is 0 Å². The number of pyridine rings is 1. The van der Waals surface area contributed by atoms with Crippen LogP contribution >= 0.6 is 0 Å². The fourth-order valence-corrected chi connectivity index (χ4v) is 1.95. The van der Waals surface area contributed by atoms with Gasteiger partial charge in [-0.25, -0.2) is 0 Å². The van der Waals surface area contributed by atoms with E-state index in [1.165, 1.54) is 16.8 Å². The number of aromatic nitrogens is 1. The standard InChI is InChI=1S/C16H21N3/c1-13(15-8-10-17-11-9-15)18-12-14-4-6-16(7-5-14)19(2)3/h4-11,13,18H,12H2,1-3H3/t13-/m0/s1.